The molecule has 2 aliphatic rings. The Morgan fingerprint density at radius 1 is 1.11 bits per heavy atom. The maximum atomic E-state index is 3.12. The minimum absolute atomic E-state index is 0. The van der Waals surface area contributed by atoms with Gasteiger partial charge in [0.1, 0.15) is 0 Å². The average Bonchev–Trinajstić information content (AvgIpc) is 2.86. The second-order valence-electron chi connectivity index (χ2n) is 2.99. The van der Waals surface area contributed by atoms with E-state index in [1.165, 1.54) is 11.1 Å². The molecule has 0 saturated heterocycles. The molecule has 18 heavy (non-hydrogen) atoms. The molecule has 0 radical (unpaired) electrons. The molecule has 0 unspecified atom stereocenters. The Morgan fingerprint density at radius 3 is 1.78 bits per heavy atom. The van der Waals surface area contributed by atoms with E-state index < -0.39 is 0 Å². The van der Waals surface area contributed by atoms with Crippen LogP contribution in [-0.4, -0.2) is 7.63 Å². The van der Waals surface area contributed by atoms with Crippen LogP contribution in [0.25, 0.3) is 0 Å². The van der Waals surface area contributed by atoms with Crippen molar-refractivity contribution in [1.29, 1.82) is 0 Å². The van der Waals surface area contributed by atoms with E-state index >= 15 is 0 Å². The molecule has 0 aromatic carbocycles. The molecule has 0 aliphatic heterocycles. The third-order valence-electron chi connectivity index (χ3n) is 1.94. The topological polar surface area (TPSA) is 0 Å². The summed E-state index contributed by atoms with van der Waals surface area (Å²) in [6.07, 6.45) is 16.2. The molecule has 0 heterocycles. The fourth-order valence-corrected chi connectivity index (χ4v) is 0.960. The van der Waals surface area contributed by atoms with E-state index in [2.05, 4.69) is 38.2 Å². The van der Waals surface area contributed by atoms with Crippen LogP contribution in [-0.2, 0) is 19.2 Å². The van der Waals surface area contributed by atoms with Crippen LogP contribution in [0.2, 0.25) is 0 Å². The van der Waals surface area contributed by atoms with E-state index in [4.69, 9.17) is 0 Å². The minimum atomic E-state index is 0. The van der Waals surface area contributed by atoms with Gasteiger partial charge in [0, 0.05) is 0 Å². The Bertz CT molecular complexity index is 272. The van der Waals surface area contributed by atoms with E-state index in [1.807, 2.05) is 39.0 Å². The third kappa shape index (κ3) is 16.5. The van der Waals surface area contributed by atoms with Crippen LogP contribution < -0.4 is 0 Å². The van der Waals surface area contributed by atoms with E-state index in [0.29, 0.717) is 0 Å². The van der Waals surface area contributed by atoms with Crippen LogP contribution in [0.5, 0.6) is 0 Å². The van der Waals surface area contributed by atoms with Gasteiger partial charge in [-0.25, -0.2) is 23.8 Å². The first-order chi connectivity index (χ1) is 6.80. The van der Waals surface area contributed by atoms with Crippen molar-refractivity contribution in [1.82, 2.24) is 0 Å². The Hall–Kier alpha value is 0.471. The predicted octanol–water partition coefficient (Wildman–Crippen LogP) is 4.22. The van der Waals surface area contributed by atoms with Gasteiger partial charge in [0.05, 0.1) is 0 Å². The van der Waals surface area contributed by atoms with Crippen LogP contribution in [0.3, 0.4) is 0 Å². The van der Waals surface area contributed by atoms with Crippen molar-refractivity contribution in [3.05, 3.63) is 62.5 Å². The summed E-state index contributed by atoms with van der Waals surface area (Å²) in [5.74, 6) is 0. The third-order valence-corrected chi connectivity index (χ3v) is 1.94. The van der Waals surface area contributed by atoms with Crippen molar-refractivity contribution in [3.63, 3.8) is 0 Å². The van der Waals surface area contributed by atoms with Gasteiger partial charge in [0.25, 0.3) is 0 Å². The molecule has 0 saturated carbocycles. The molecule has 0 bridgehead atoms. The molecule has 0 atom stereocenters. The molecule has 0 aromatic rings. The van der Waals surface area contributed by atoms with E-state index in [0.717, 1.165) is 12.8 Å². The SMILES string of the molecule is CC1=C(C)C[C-]=C1.Cl.Cl.[C-]1=CC=CC1.[CH3-].[CH3-].[SiH2]=[Ti]. The van der Waals surface area contributed by atoms with Gasteiger partial charge in [-0.3, -0.25) is 12.2 Å². The summed E-state index contributed by atoms with van der Waals surface area (Å²) < 4.78 is 0. The van der Waals surface area contributed by atoms with Gasteiger partial charge in [0.2, 0.25) is 0 Å². The monoisotopic (exact) mass is 338 g/mol. The second-order valence-corrected chi connectivity index (χ2v) is 2.99. The number of rotatable bonds is 0. The van der Waals surface area contributed by atoms with Gasteiger partial charge in [-0.2, -0.15) is 11.6 Å². The molecule has 106 valence electrons. The van der Waals surface area contributed by atoms with Crippen LogP contribution >= 0.6 is 24.8 Å². The summed E-state index contributed by atoms with van der Waals surface area (Å²) in [5, 5.41) is 0. The summed E-state index contributed by atoms with van der Waals surface area (Å²) in [6, 6.07) is 0. The van der Waals surface area contributed by atoms with Crippen molar-refractivity contribution in [2.24, 2.45) is 0 Å². The van der Waals surface area contributed by atoms with Gasteiger partial charge < -0.3 is 14.9 Å². The first-order valence-electron chi connectivity index (χ1n) is 4.61. The van der Waals surface area contributed by atoms with Gasteiger partial charge in [-0.1, -0.05) is 6.92 Å². The standard InChI is InChI=1S/C7H9.C5H5.2CH3.2ClH.H2Si.Ti/c1-6-4-3-5-7(6)2;1-2-4-5-3-1;;;;;;/h4H,5H2,1-2H3;1-3H,4H2;2*1H3;2*1H;1H2;/q4*-1;;;;. The van der Waals surface area contributed by atoms with Crippen molar-refractivity contribution in [2.75, 3.05) is 0 Å². The summed E-state index contributed by atoms with van der Waals surface area (Å²) in [7, 11) is 1.86. The molecule has 0 nitrogen and oxygen atoms in total. The summed E-state index contributed by atoms with van der Waals surface area (Å²) >= 11 is 2.03. The normalized spacial score (nSPS) is 12.5. The molecular formula is C14H24Cl2SiTi-4. The fraction of sp³-hybridized carbons (Fsp3) is 0.286. The van der Waals surface area contributed by atoms with Gasteiger partial charge in [0.15, 0.2) is 0 Å². The molecule has 0 aromatic heterocycles. The number of hydrogen-bond donors (Lipinski definition) is 0. The second kappa shape index (κ2) is 22.6. The summed E-state index contributed by atoms with van der Waals surface area (Å²) in [4.78, 5) is 0. The maximum absolute atomic E-state index is 3.12. The Labute approximate surface area is 140 Å². The molecule has 0 spiro atoms. The first kappa shape index (κ1) is 31.1. The Kier molecular flexibility index (Phi) is 39.1. The molecule has 2 rings (SSSR count). The van der Waals surface area contributed by atoms with Crippen molar-refractivity contribution >= 4 is 32.4 Å². The van der Waals surface area contributed by atoms with Crippen molar-refractivity contribution in [3.8, 4) is 0 Å². The van der Waals surface area contributed by atoms with Crippen LogP contribution in [0.1, 0.15) is 26.7 Å². The average molecular weight is 339 g/mol. The number of halogens is 2. The van der Waals surface area contributed by atoms with Gasteiger partial charge in [-0.05, 0) is 0 Å². The summed E-state index contributed by atoms with van der Waals surface area (Å²) in [6.45, 7) is 4.27. The molecule has 0 N–H and O–H groups in total. The van der Waals surface area contributed by atoms with Crippen molar-refractivity contribution in [2.45, 2.75) is 26.7 Å². The van der Waals surface area contributed by atoms with E-state index in [-0.39, 0.29) is 39.7 Å². The van der Waals surface area contributed by atoms with Crippen LogP contribution in [0, 0.1) is 27.0 Å². The Morgan fingerprint density at radius 2 is 1.67 bits per heavy atom. The van der Waals surface area contributed by atoms with Gasteiger partial charge >= 0.3 is 26.8 Å². The number of hydrogen-bond acceptors (Lipinski definition) is 0. The van der Waals surface area contributed by atoms with Gasteiger partial charge in [-0.15, -0.1) is 44.6 Å². The van der Waals surface area contributed by atoms with E-state index in [9.17, 15) is 0 Å². The number of allylic oxidation sites excluding steroid dienone is 8. The van der Waals surface area contributed by atoms with Crippen LogP contribution in [0.4, 0.5) is 0 Å². The zero-order valence-corrected chi connectivity index (χ0v) is 16.4. The molecular weight excluding hydrogens is 315 g/mol. The molecule has 4 heteroatoms. The fourth-order valence-electron chi connectivity index (χ4n) is 0.960. The quantitative estimate of drug-likeness (QED) is 0.458. The summed E-state index contributed by atoms with van der Waals surface area (Å²) in [5.41, 5.74) is 2.85. The predicted molar refractivity (Wildman–Crippen MR) is 88.2 cm³/mol. The molecule has 2 aliphatic carbocycles. The zero-order valence-electron chi connectivity index (χ0n) is 11.7. The zero-order chi connectivity index (χ0) is 10.8. The molecule has 0 fully saturated rings. The van der Waals surface area contributed by atoms with Crippen LogP contribution in [0.15, 0.2) is 35.5 Å². The van der Waals surface area contributed by atoms with Crippen molar-refractivity contribution < 1.29 is 19.2 Å². The van der Waals surface area contributed by atoms with E-state index in [1.54, 1.807) is 0 Å². The Balaban J connectivity index is -0.0000000470. The molecule has 0 amide bonds. The first-order valence-corrected chi connectivity index (χ1v) is 8.62.